The first-order chi connectivity index (χ1) is 13.5. The molecule has 2 N–H and O–H groups in total. The highest BCUT2D eigenvalue weighted by Crippen LogP contribution is 2.29. The van der Waals surface area contributed by atoms with Crippen molar-refractivity contribution in [2.24, 2.45) is 0 Å². The lowest BCUT2D eigenvalue weighted by molar-refractivity contribution is -0.116. The molecule has 0 bridgehead atoms. The molecule has 1 heterocycles. The van der Waals surface area contributed by atoms with E-state index in [1.165, 1.54) is 0 Å². The fraction of sp³-hybridized carbons (Fsp3) is 0.318. The van der Waals surface area contributed by atoms with E-state index in [0.29, 0.717) is 23.6 Å². The van der Waals surface area contributed by atoms with Crippen molar-refractivity contribution in [3.8, 4) is 11.5 Å². The number of hydrogen-bond acceptors (Lipinski definition) is 5. The summed E-state index contributed by atoms with van der Waals surface area (Å²) in [4.78, 5) is 12.5. The Labute approximate surface area is 164 Å². The number of benzene rings is 2. The molecule has 1 amide bonds. The zero-order valence-electron chi connectivity index (χ0n) is 16.6. The van der Waals surface area contributed by atoms with Gasteiger partial charge in [0.05, 0.1) is 25.9 Å². The predicted octanol–water partition coefficient (Wildman–Crippen LogP) is 4.52. The van der Waals surface area contributed by atoms with E-state index in [-0.39, 0.29) is 18.0 Å². The molecular weight excluding hydrogens is 356 g/mol. The van der Waals surface area contributed by atoms with Crippen LogP contribution in [0.2, 0.25) is 0 Å². The highest BCUT2D eigenvalue weighted by atomic mass is 16.5. The summed E-state index contributed by atoms with van der Waals surface area (Å²) in [7, 11) is 3.15. The van der Waals surface area contributed by atoms with E-state index in [4.69, 9.17) is 13.9 Å². The Morgan fingerprint density at radius 3 is 2.57 bits per heavy atom. The van der Waals surface area contributed by atoms with Crippen LogP contribution in [-0.2, 0) is 4.79 Å². The summed E-state index contributed by atoms with van der Waals surface area (Å²) in [5, 5.41) is 7.38. The Morgan fingerprint density at radius 2 is 1.86 bits per heavy atom. The van der Waals surface area contributed by atoms with Crippen LogP contribution in [-0.4, -0.2) is 26.2 Å². The van der Waals surface area contributed by atoms with E-state index in [9.17, 15) is 4.79 Å². The number of para-hydroxylation sites is 1. The van der Waals surface area contributed by atoms with Crippen molar-refractivity contribution in [1.82, 2.24) is 5.32 Å². The molecule has 2 aromatic carbocycles. The molecule has 148 valence electrons. The van der Waals surface area contributed by atoms with Gasteiger partial charge in [-0.25, -0.2) is 0 Å². The van der Waals surface area contributed by atoms with Crippen molar-refractivity contribution in [3.63, 3.8) is 0 Å². The maximum Gasteiger partial charge on any atom is 0.226 e. The van der Waals surface area contributed by atoms with E-state index < -0.39 is 0 Å². The van der Waals surface area contributed by atoms with Gasteiger partial charge in [0.2, 0.25) is 5.91 Å². The lowest BCUT2D eigenvalue weighted by Gasteiger charge is -2.19. The van der Waals surface area contributed by atoms with Gasteiger partial charge in [-0.3, -0.25) is 4.79 Å². The number of fused-ring (bicyclic) bond motifs is 1. The first-order valence-electron chi connectivity index (χ1n) is 9.26. The van der Waals surface area contributed by atoms with Crippen molar-refractivity contribution < 1.29 is 18.7 Å². The second kappa shape index (κ2) is 8.80. The van der Waals surface area contributed by atoms with E-state index >= 15 is 0 Å². The fourth-order valence-corrected chi connectivity index (χ4v) is 3.17. The fourth-order valence-electron chi connectivity index (χ4n) is 3.17. The summed E-state index contributed by atoms with van der Waals surface area (Å²) in [6, 6.07) is 15.2. The SMILES string of the molecule is COc1ccc(OC)c(NC(=O)CC(C)NC(C)c2cc3ccccc3o2)c1. The van der Waals surface area contributed by atoms with Crippen LogP contribution < -0.4 is 20.1 Å². The summed E-state index contributed by atoms with van der Waals surface area (Å²) in [5.74, 6) is 1.98. The average Bonchev–Trinajstić information content (AvgIpc) is 3.12. The lowest BCUT2D eigenvalue weighted by atomic mass is 10.1. The Balaban J connectivity index is 1.59. The smallest absolute Gasteiger partial charge is 0.226 e. The molecule has 6 heteroatoms. The third kappa shape index (κ3) is 4.64. The Bertz CT molecular complexity index is 918. The largest absolute Gasteiger partial charge is 0.497 e. The molecule has 2 unspecified atom stereocenters. The first kappa shape index (κ1) is 19.8. The van der Waals surface area contributed by atoms with Gasteiger partial charge >= 0.3 is 0 Å². The highest BCUT2D eigenvalue weighted by molar-refractivity contribution is 5.92. The maximum atomic E-state index is 12.5. The third-order valence-electron chi connectivity index (χ3n) is 4.58. The number of anilines is 1. The average molecular weight is 382 g/mol. The normalized spacial score (nSPS) is 13.1. The summed E-state index contributed by atoms with van der Waals surface area (Å²) < 4.78 is 16.4. The summed E-state index contributed by atoms with van der Waals surface area (Å²) >= 11 is 0. The Hall–Kier alpha value is -2.99. The van der Waals surface area contributed by atoms with E-state index in [1.54, 1.807) is 32.4 Å². The molecule has 0 saturated heterocycles. The van der Waals surface area contributed by atoms with E-state index in [0.717, 1.165) is 16.7 Å². The number of rotatable bonds is 8. The van der Waals surface area contributed by atoms with Crippen LogP contribution in [0.25, 0.3) is 11.0 Å². The second-order valence-corrected chi connectivity index (χ2v) is 6.79. The van der Waals surface area contributed by atoms with Crippen LogP contribution >= 0.6 is 0 Å². The van der Waals surface area contributed by atoms with Gasteiger partial charge in [0.15, 0.2) is 0 Å². The molecule has 0 spiro atoms. The minimum Gasteiger partial charge on any atom is -0.497 e. The molecule has 0 fully saturated rings. The van der Waals surface area contributed by atoms with Gasteiger partial charge < -0.3 is 24.5 Å². The van der Waals surface area contributed by atoms with Crippen LogP contribution in [0.4, 0.5) is 5.69 Å². The molecule has 2 atom stereocenters. The number of ether oxygens (including phenoxy) is 2. The molecular formula is C22H26N2O4. The molecule has 1 aromatic heterocycles. The number of nitrogens with one attached hydrogen (secondary N) is 2. The van der Waals surface area contributed by atoms with Gasteiger partial charge in [0.25, 0.3) is 0 Å². The zero-order chi connectivity index (χ0) is 20.1. The minimum atomic E-state index is -0.108. The van der Waals surface area contributed by atoms with Crippen LogP contribution in [0.15, 0.2) is 52.9 Å². The standard InChI is InChI=1S/C22H26N2O4/c1-14(23-15(2)21-12-16-7-5-6-8-19(16)28-21)11-22(25)24-18-13-17(26-3)9-10-20(18)27-4/h5-10,12-15,23H,11H2,1-4H3,(H,24,25). The molecule has 0 aliphatic heterocycles. The second-order valence-electron chi connectivity index (χ2n) is 6.79. The van der Waals surface area contributed by atoms with Gasteiger partial charge in [-0.2, -0.15) is 0 Å². The van der Waals surface area contributed by atoms with E-state index in [2.05, 4.69) is 10.6 Å². The number of furan rings is 1. The zero-order valence-corrected chi connectivity index (χ0v) is 16.6. The van der Waals surface area contributed by atoms with Gasteiger partial charge in [0.1, 0.15) is 22.8 Å². The molecule has 0 radical (unpaired) electrons. The molecule has 3 aromatic rings. The van der Waals surface area contributed by atoms with Crippen LogP contribution in [0.1, 0.15) is 32.1 Å². The number of carbonyl (C=O) groups is 1. The van der Waals surface area contributed by atoms with Crippen molar-refractivity contribution in [2.75, 3.05) is 19.5 Å². The lowest BCUT2D eigenvalue weighted by Crippen LogP contribution is -2.32. The van der Waals surface area contributed by atoms with Crippen molar-refractivity contribution in [3.05, 3.63) is 54.3 Å². The third-order valence-corrected chi connectivity index (χ3v) is 4.58. The summed E-state index contributed by atoms with van der Waals surface area (Å²) in [6.45, 7) is 4.00. The molecule has 28 heavy (non-hydrogen) atoms. The summed E-state index contributed by atoms with van der Waals surface area (Å²) in [6.07, 6.45) is 0.310. The number of carbonyl (C=O) groups excluding carboxylic acids is 1. The van der Waals surface area contributed by atoms with Gasteiger partial charge in [-0.1, -0.05) is 18.2 Å². The monoisotopic (exact) mass is 382 g/mol. The van der Waals surface area contributed by atoms with Crippen molar-refractivity contribution >= 4 is 22.6 Å². The van der Waals surface area contributed by atoms with E-state index in [1.807, 2.05) is 44.2 Å². The highest BCUT2D eigenvalue weighted by Gasteiger charge is 2.17. The molecule has 3 rings (SSSR count). The van der Waals surface area contributed by atoms with Crippen LogP contribution in [0.5, 0.6) is 11.5 Å². The number of hydrogen-bond donors (Lipinski definition) is 2. The molecule has 0 aliphatic carbocycles. The number of methoxy groups -OCH3 is 2. The molecule has 0 aliphatic rings. The number of amides is 1. The molecule has 6 nitrogen and oxygen atoms in total. The Morgan fingerprint density at radius 1 is 1.07 bits per heavy atom. The van der Waals surface area contributed by atoms with Gasteiger partial charge in [-0.15, -0.1) is 0 Å². The van der Waals surface area contributed by atoms with Gasteiger partial charge in [0, 0.05) is 23.9 Å². The quantitative estimate of drug-likeness (QED) is 0.599. The van der Waals surface area contributed by atoms with Crippen molar-refractivity contribution in [2.45, 2.75) is 32.4 Å². The topological polar surface area (TPSA) is 72.7 Å². The summed E-state index contributed by atoms with van der Waals surface area (Å²) in [5.41, 5.74) is 1.45. The first-order valence-corrected chi connectivity index (χ1v) is 9.26. The van der Waals surface area contributed by atoms with Crippen molar-refractivity contribution in [1.29, 1.82) is 0 Å². The maximum absolute atomic E-state index is 12.5. The minimum absolute atomic E-state index is 0.0124. The van der Waals surface area contributed by atoms with Gasteiger partial charge in [-0.05, 0) is 38.1 Å². The van der Waals surface area contributed by atoms with Crippen LogP contribution in [0, 0.1) is 0 Å². The Kier molecular flexibility index (Phi) is 6.21. The molecule has 0 saturated carbocycles. The predicted molar refractivity (Wildman–Crippen MR) is 110 cm³/mol. The van der Waals surface area contributed by atoms with Crippen LogP contribution in [0.3, 0.4) is 0 Å².